The van der Waals surface area contributed by atoms with E-state index in [9.17, 15) is 0 Å². The molecular weight excluding hydrogens is 208 g/mol. The lowest BCUT2D eigenvalue weighted by atomic mass is 9.96. The number of ether oxygens (including phenoxy) is 1. The Hall–Kier alpha value is -0.950. The summed E-state index contributed by atoms with van der Waals surface area (Å²) in [7, 11) is 1.69. The average molecular weight is 225 g/mol. The quantitative estimate of drug-likeness (QED) is 0.688. The number of rotatable bonds is 4. The molecule has 1 atom stereocenters. The molecule has 0 radical (unpaired) electrons. The lowest BCUT2D eigenvalue weighted by molar-refractivity contribution is 0.406. The van der Waals surface area contributed by atoms with E-state index in [1.54, 1.807) is 7.11 Å². The van der Waals surface area contributed by atoms with E-state index in [1.165, 1.54) is 5.56 Å². The summed E-state index contributed by atoms with van der Waals surface area (Å²) in [6.07, 6.45) is 5.23. The fourth-order valence-corrected chi connectivity index (χ4v) is 1.74. The Morgan fingerprint density at radius 3 is 2.80 bits per heavy atom. The van der Waals surface area contributed by atoms with Gasteiger partial charge in [-0.2, -0.15) is 0 Å². The molecule has 0 bridgehead atoms. The summed E-state index contributed by atoms with van der Waals surface area (Å²) in [4.78, 5) is 0. The molecule has 1 aromatic rings. The van der Waals surface area contributed by atoms with Gasteiger partial charge in [0, 0.05) is 5.02 Å². The van der Waals surface area contributed by atoms with Crippen LogP contribution in [0.15, 0.2) is 30.4 Å². The Morgan fingerprint density at radius 1 is 1.47 bits per heavy atom. The van der Waals surface area contributed by atoms with Crippen LogP contribution in [0, 0.1) is 0 Å². The van der Waals surface area contributed by atoms with Crippen molar-refractivity contribution in [3.05, 3.63) is 40.9 Å². The molecule has 0 spiro atoms. The summed E-state index contributed by atoms with van der Waals surface area (Å²) >= 11 is 5.98. The van der Waals surface area contributed by atoms with E-state index >= 15 is 0 Å². The van der Waals surface area contributed by atoms with Gasteiger partial charge < -0.3 is 4.74 Å². The first kappa shape index (κ1) is 12.1. The van der Waals surface area contributed by atoms with Gasteiger partial charge in [0.2, 0.25) is 0 Å². The van der Waals surface area contributed by atoms with Crippen LogP contribution in [0.4, 0.5) is 0 Å². The number of hydrogen-bond acceptors (Lipinski definition) is 1. The van der Waals surface area contributed by atoms with Gasteiger partial charge in [-0.1, -0.05) is 30.7 Å². The lowest BCUT2D eigenvalue weighted by Crippen LogP contribution is -1.96. The van der Waals surface area contributed by atoms with Gasteiger partial charge in [-0.05, 0) is 43.0 Å². The number of halogens is 1. The van der Waals surface area contributed by atoms with Crippen molar-refractivity contribution in [3.63, 3.8) is 0 Å². The monoisotopic (exact) mass is 224 g/mol. The number of benzene rings is 1. The highest BCUT2D eigenvalue weighted by Crippen LogP contribution is 2.31. The smallest absolute Gasteiger partial charge is 0.122 e. The third-order valence-electron chi connectivity index (χ3n) is 2.45. The van der Waals surface area contributed by atoms with Crippen LogP contribution in [0.3, 0.4) is 0 Å². The van der Waals surface area contributed by atoms with Crippen LogP contribution in [0.5, 0.6) is 5.75 Å². The molecule has 0 aliphatic carbocycles. The van der Waals surface area contributed by atoms with E-state index in [2.05, 4.69) is 19.1 Å². The van der Waals surface area contributed by atoms with Crippen LogP contribution in [-0.2, 0) is 0 Å². The zero-order valence-corrected chi connectivity index (χ0v) is 10.2. The maximum Gasteiger partial charge on any atom is 0.122 e. The molecule has 0 heterocycles. The van der Waals surface area contributed by atoms with Crippen LogP contribution in [0.2, 0.25) is 5.02 Å². The van der Waals surface area contributed by atoms with Gasteiger partial charge in [0.25, 0.3) is 0 Å². The highest BCUT2D eigenvalue weighted by atomic mass is 35.5. The van der Waals surface area contributed by atoms with E-state index in [4.69, 9.17) is 16.3 Å². The zero-order valence-electron chi connectivity index (χ0n) is 9.46. The van der Waals surface area contributed by atoms with Crippen LogP contribution >= 0.6 is 11.6 Å². The molecular formula is C13H17ClO. The molecule has 0 amide bonds. The molecule has 2 heteroatoms. The van der Waals surface area contributed by atoms with E-state index in [0.717, 1.165) is 17.2 Å². The van der Waals surface area contributed by atoms with Crippen LogP contribution < -0.4 is 4.74 Å². The number of methoxy groups -OCH3 is 1. The molecule has 0 aromatic heterocycles. The molecule has 1 rings (SSSR count). The third kappa shape index (κ3) is 3.28. The van der Waals surface area contributed by atoms with Crippen molar-refractivity contribution >= 4 is 11.6 Å². The highest BCUT2D eigenvalue weighted by molar-refractivity contribution is 6.30. The standard InChI is InChI=1S/C13H17ClO/c1-4-5-6-10(2)12-9-11(14)7-8-13(12)15-3/h4-5,7-10H,6H2,1-3H3/b5-4-. The lowest BCUT2D eigenvalue weighted by Gasteiger charge is -2.14. The minimum Gasteiger partial charge on any atom is -0.496 e. The number of hydrogen-bond donors (Lipinski definition) is 0. The second kappa shape index (κ2) is 5.82. The van der Waals surface area contributed by atoms with E-state index in [0.29, 0.717) is 5.92 Å². The van der Waals surface area contributed by atoms with Crippen molar-refractivity contribution in [2.24, 2.45) is 0 Å². The van der Waals surface area contributed by atoms with E-state index in [-0.39, 0.29) is 0 Å². The van der Waals surface area contributed by atoms with E-state index in [1.807, 2.05) is 25.1 Å². The van der Waals surface area contributed by atoms with Crippen LogP contribution in [0.25, 0.3) is 0 Å². The Kier molecular flexibility index (Phi) is 4.70. The van der Waals surface area contributed by atoms with Crippen LogP contribution in [0.1, 0.15) is 31.7 Å². The normalized spacial score (nSPS) is 13.1. The van der Waals surface area contributed by atoms with E-state index < -0.39 is 0 Å². The van der Waals surface area contributed by atoms with Crippen molar-refractivity contribution in [3.8, 4) is 5.75 Å². The molecule has 1 aromatic carbocycles. The first-order valence-electron chi connectivity index (χ1n) is 5.13. The first-order valence-corrected chi connectivity index (χ1v) is 5.51. The predicted octanol–water partition coefficient (Wildman–Crippen LogP) is 4.42. The van der Waals surface area contributed by atoms with Crippen molar-refractivity contribution in [1.82, 2.24) is 0 Å². The Morgan fingerprint density at radius 2 is 2.20 bits per heavy atom. The van der Waals surface area contributed by atoms with Gasteiger partial charge in [-0.15, -0.1) is 0 Å². The zero-order chi connectivity index (χ0) is 11.3. The summed E-state index contributed by atoms with van der Waals surface area (Å²) in [6.45, 7) is 4.20. The van der Waals surface area contributed by atoms with Gasteiger partial charge in [0.05, 0.1) is 7.11 Å². The summed E-state index contributed by atoms with van der Waals surface area (Å²) < 4.78 is 5.32. The van der Waals surface area contributed by atoms with Crippen LogP contribution in [-0.4, -0.2) is 7.11 Å². The molecule has 0 aliphatic rings. The van der Waals surface area contributed by atoms with Gasteiger partial charge in [-0.3, -0.25) is 0 Å². The maximum absolute atomic E-state index is 5.98. The Labute approximate surface area is 96.7 Å². The van der Waals surface area contributed by atoms with Crippen molar-refractivity contribution in [2.75, 3.05) is 7.11 Å². The molecule has 0 N–H and O–H groups in total. The fraction of sp³-hybridized carbons (Fsp3) is 0.385. The molecule has 0 saturated carbocycles. The van der Waals surface area contributed by atoms with Gasteiger partial charge in [-0.25, -0.2) is 0 Å². The summed E-state index contributed by atoms with van der Waals surface area (Å²) in [5.41, 5.74) is 1.17. The van der Waals surface area contributed by atoms with Crippen molar-refractivity contribution < 1.29 is 4.74 Å². The molecule has 0 saturated heterocycles. The number of allylic oxidation sites excluding steroid dienone is 2. The SMILES string of the molecule is C/C=C\CC(C)c1cc(Cl)ccc1OC. The van der Waals surface area contributed by atoms with Crippen molar-refractivity contribution in [2.45, 2.75) is 26.2 Å². The minimum atomic E-state index is 0.426. The third-order valence-corrected chi connectivity index (χ3v) is 2.68. The maximum atomic E-state index is 5.98. The summed E-state index contributed by atoms with van der Waals surface area (Å²) in [5, 5.41) is 0.762. The average Bonchev–Trinajstić information content (AvgIpc) is 2.25. The molecule has 0 fully saturated rings. The molecule has 1 nitrogen and oxygen atoms in total. The largest absolute Gasteiger partial charge is 0.496 e. The first-order chi connectivity index (χ1) is 7.19. The molecule has 0 aliphatic heterocycles. The predicted molar refractivity (Wildman–Crippen MR) is 65.9 cm³/mol. The molecule has 15 heavy (non-hydrogen) atoms. The van der Waals surface area contributed by atoms with Gasteiger partial charge >= 0.3 is 0 Å². The molecule has 1 unspecified atom stereocenters. The fourth-order valence-electron chi connectivity index (χ4n) is 1.56. The Bertz CT molecular complexity index is 344. The highest BCUT2D eigenvalue weighted by Gasteiger charge is 2.10. The molecule has 82 valence electrons. The summed E-state index contributed by atoms with van der Waals surface area (Å²) in [6, 6.07) is 5.75. The second-order valence-electron chi connectivity index (χ2n) is 3.59. The topological polar surface area (TPSA) is 9.23 Å². The second-order valence-corrected chi connectivity index (χ2v) is 4.03. The van der Waals surface area contributed by atoms with Gasteiger partial charge in [0.15, 0.2) is 0 Å². The minimum absolute atomic E-state index is 0.426. The van der Waals surface area contributed by atoms with Crippen molar-refractivity contribution in [1.29, 1.82) is 0 Å². The van der Waals surface area contributed by atoms with Gasteiger partial charge in [0.1, 0.15) is 5.75 Å². The Balaban J connectivity index is 2.94. The summed E-state index contributed by atoms with van der Waals surface area (Å²) in [5.74, 6) is 1.34.